The minimum atomic E-state index is -0.230. The van der Waals surface area contributed by atoms with Gasteiger partial charge in [0.05, 0.1) is 0 Å². The van der Waals surface area contributed by atoms with Crippen LogP contribution in [0.15, 0.2) is 56.0 Å². The van der Waals surface area contributed by atoms with E-state index < -0.39 is 0 Å². The van der Waals surface area contributed by atoms with E-state index in [-0.39, 0.29) is 5.91 Å². The highest BCUT2D eigenvalue weighted by Crippen LogP contribution is 2.19. The molecule has 0 atom stereocenters. The first kappa shape index (κ1) is 13.0. The number of amides is 1. The highest BCUT2D eigenvalue weighted by molar-refractivity contribution is 9.10. The van der Waals surface area contributed by atoms with Crippen molar-refractivity contribution in [3.05, 3.63) is 58.7 Å². The summed E-state index contributed by atoms with van der Waals surface area (Å²) >= 11 is 3.16. The fourth-order valence-electron chi connectivity index (χ4n) is 1.98. The third-order valence-electron chi connectivity index (χ3n) is 2.93. The highest BCUT2D eigenvalue weighted by Gasteiger charge is 2.10. The average Bonchev–Trinajstić information content (AvgIpc) is 3.04. The second-order valence-electron chi connectivity index (χ2n) is 4.36. The van der Waals surface area contributed by atoms with Gasteiger partial charge in [0, 0.05) is 18.4 Å². The Morgan fingerprint density at radius 3 is 2.75 bits per heavy atom. The molecule has 0 saturated heterocycles. The lowest BCUT2D eigenvalue weighted by atomic mass is 10.2. The molecule has 0 spiro atoms. The molecule has 1 amide bonds. The van der Waals surface area contributed by atoms with Crippen molar-refractivity contribution in [2.75, 3.05) is 6.54 Å². The number of rotatable bonds is 4. The molecule has 0 aliphatic rings. The Bertz CT molecular complexity index is 711. The second kappa shape index (κ2) is 5.54. The third-order valence-corrected chi connectivity index (χ3v) is 3.36. The lowest BCUT2D eigenvalue weighted by Crippen LogP contribution is -2.25. The Morgan fingerprint density at radius 1 is 1.15 bits per heavy atom. The van der Waals surface area contributed by atoms with Crippen molar-refractivity contribution in [3.8, 4) is 0 Å². The molecule has 5 heteroatoms. The van der Waals surface area contributed by atoms with Crippen LogP contribution in [0.25, 0.3) is 11.0 Å². The van der Waals surface area contributed by atoms with Crippen LogP contribution >= 0.6 is 15.9 Å². The number of para-hydroxylation sites is 1. The Kier molecular flexibility index (Phi) is 3.60. The summed E-state index contributed by atoms with van der Waals surface area (Å²) in [5.74, 6) is 0.917. The van der Waals surface area contributed by atoms with Crippen LogP contribution in [-0.2, 0) is 6.42 Å². The number of furan rings is 2. The molecule has 2 heterocycles. The fraction of sp³-hybridized carbons (Fsp3) is 0.133. The molecule has 102 valence electrons. The molecule has 1 N–H and O–H groups in total. The van der Waals surface area contributed by atoms with Crippen molar-refractivity contribution < 1.29 is 13.6 Å². The molecular weight excluding hydrogens is 322 g/mol. The van der Waals surface area contributed by atoms with Crippen LogP contribution < -0.4 is 5.32 Å². The van der Waals surface area contributed by atoms with Gasteiger partial charge in [-0.25, -0.2) is 0 Å². The average molecular weight is 334 g/mol. The van der Waals surface area contributed by atoms with Crippen LogP contribution in [0.1, 0.15) is 16.3 Å². The van der Waals surface area contributed by atoms with Gasteiger partial charge in [-0.15, -0.1) is 0 Å². The number of fused-ring (bicyclic) bond motifs is 1. The lowest BCUT2D eigenvalue weighted by molar-refractivity contribution is 0.0925. The lowest BCUT2D eigenvalue weighted by Gasteiger charge is -2.00. The van der Waals surface area contributed by atoms with Gasteiger partial charge in [-0.2, -0.15) is 0 Å². The van der Waals surface area contributed by atoms with Crippen molar-refractivity contribution in [2.45, 2.75) is 6.42 Å². The van der Waals surface area contributed by atoms with Crippen LogP contribution in [0.3, 0.4) is 0 Å². The fourth-order valence-corrected chi connectivity index (χ4v) is 2.29. The number of carbonyl (C=O) groups excluding carboxylic acids is 1. The van der Waals surface area contributed by atoms with E-state index in [9.17, 15) is 4.79 Å². The largest absolute Gasteiger partial charge is 0.461 e. The molecule has 0 aliphatic heterocycles. The van der Waals surface area contributed by atoms with Crippen molar-refractivity contribution in [3.63, 3.8) is 0 Å². The molecule has 0 radical (unpaired) electrons. The predicted molar refractivity (Wildman–Crippen MR) is 78.7 cm³/mol. The molecule has 0 aliphatic carbocycles. The summed E-state index contributed by atoms with van der Waals surface area (Å²) < 4.78 is 11.4. The van der Waals surface area contributed by atoms with Crippen molar-refractivity contribution in [2.24, 2.45) is 0 Å². The van der Waals surface area contributed by atoms with Gasteiger partial charge >= 0.3 is 0 Å². The van der Waals surface area contributed by atoms with E-state index in [1.807, 2.05) is 30.3 Å². The summed E-state index contributed by atoms with van der Waals surface area (Å²) in [4.78, 5) is 11.8. The monoisotopic (exact) mass is 333 g/mol. The standard InChI is InChI=1S/C15H12BrNO3/c16-14-6-5-13(20-14)15(18)17-8-7-11-9-10-3-1-2-4-12(10)19-11/h1-6,9H,7-8H2,(H,17,18). The zero-order valence-electron chi connectivity index (χ0n) is 10.6. The summed E-state index contributed by atoms with van der Waals surface area (Å²) in [5, 5.41) is 3.86. The number of hydrogen-bond acceptors (Lipinski definition) is 3. The molecule has 0 bridgehead atoms. The van der Waals surface area contributed by atoms with Gasteiger partial charge in [0.1, 0.15) is 11.3 Å². The summed E-state index contributed by atoms with van der Waals surface area (Å²) in [5.41, 5.74) is 0.865. The maximum atomic E-state index is 11.8. The SMILES string of the molecule is O=C(NCCc1cc2ccccc2o1)c1ccc(Br)o1. The van der Waals surface area contributed by atoms with Crippen molar-refractivity contribution in [1.29, 1.82) is 0 Å². The third kappa shape index (κ3) is 2.77. The summed E-state index contributed by atoms with van der Waals surface area (Å²) in [6.45, 7) is 0.497. The van der Waals surface area contributed by atoms with E-state index in [4.69, 9.17) is 8.83 Å². The first-order valence-electron chi connectivity index (χ1n) is 6.23. The van der Waals surface area contributed by atoms with Crippen molar-refractivity contribution >= 4 is 32.8 Å². The normalized spacial score (nSPS) is 10.8. The number of nitrogens with one attached hydrogen (secondary N) is 1. The van der Waals surface area contributed by atoms with Gasteiger partial charge in [0.25, 0.3) is 5.91 Å². The van der Waals surface area contributed by atoms with Gasteiger partial charge in [-0.05, 0) is 40.2 Å². The Labute approximate surface area is 123 Å². The first-order chi connectivity index (χ1) is 9.72. The minimum absolute atomic E-state index is 0.230. The summed E-state index contributed by atoms with van der Waals surface area (Å²) in [6, 6.07) is 13.1. The number of hydrogen-bond donors (Lipinski definition) is 1. The van der Waals surface area contributed by atoms with Crippen molar-refractivity contribution in [1.82, 2.24) is 5.32 Å². The topological polar surface area (TPSA) is 55.4 Å². The van der Waals surface area contributed by atoms with Crippen LogP contribution in [0.4, 0.5) is 0 Å². The number of benzene rings is 1. The molecular formula is C15H12BrNO3. The molecule has 20 heavy (non-hydrogen) atoms. The Hall–Kier alpha value is -2.01. The predicted octanol–water partition coefficient (Wildman–Crippen LogP) is 3.76. The smallest absolute Gasteiger partial charge is 0.287 e. The summed E-state index contributed by atoms with van der Waals surface area (Å²) in [6.07, 6.45) is 0.641. The minimum Gasteiger partial charge on any atom is -0.461 e. The van der Waals surface area contributed by atoms with Crippen LogP contribution in [-0.4, -0.2) is 12.5 Å². The molecule has 0 unspecified atom stereocenters. The van der Waals surface area contributed by atoms with Crippen LogP contribution in [0.2, 0.25) is 0 Å². The first-order valence-corrected chi connectivity index (χ1v) is 7.03. The molecule has 4 nitrogen and oxygen atoms in total. The van der Waals surface area contributed by atoms with Gasteiger partial charge in [-0.3, -0.25) is 4.79 Å². The Morgan fingerprint density at radius 2 is 2.00 bits per heavy atom. The van der Waals surface area contributed by atoms with Gasteiger partial charge in [0.2, 0.25) is 0 Å². The molecule has 3 rings (SSSR count). The van der Waals surface area contributed by atoms with E-state index in [1.165, 1.54) is 0 Å². The molecule has 0 saturated carbocycles. The van der Waals surface area contributed by atoms with Gasteiger partial charge in [-0.1, -0.05) is 18.2 Å². The van der Waals surface area contributed by atoms with Crippen LogP contribution in [0, 0.1) is 0 Å². The number of halogens is 1. The van der Waals surface area contributed by atoms with E-state index in [1.54, 1.807) is 12.1 Å². The number of carbonyl (C=O) groups is 1. The second-order valence-corrected chi connectivity index (χ2v) is 5.14. The molecule has 2 aromatic heterocycles. The summed E-state index contributed by atoms with van der Waals surface area (Å²) in [7, 11) is 0. The van der Waals surface area contributed by atoms with Crippen LogP contribution in [0.5, 0.6) is 0 Å². The van der Waals surface area contributed by atoms with Gasteiger partial charge < -0.3 is 14.2 Å². The highest BCUT2D eigenvalue weighted by atomic mass is 79.9. The zero-order valence-corrected chi connectivity index (χ0v) is 12.1. The maximum absolute atomic E-state index is 11.8. The van der Waals surface area contributed by atoms with E-state index in [2.05, 4.69) is 21.2 Å². The molecule has 3 aromatic rings. The quantitative estimate of drug-likeness (QED) is 0.790. The van der Waals surface area contributed by atoms with E-state index in [0.29, 0.717) is 23.4 Å². The van der Waals surface area contributed by atoms with E-state index >= 15 is 0 Å². The van der Waals surface area contributed by atoms with E-state index in [0.717, 1.165) is 16.7 Å². The maximum Gasteiger partial charge on any atom is 0.287 e. The zero-order chi connectivity index (χ0) is 13.9. The molecule has 0 fully saturated rings. The van der Waals surface area contributed by atoms with Gasteiger partial charge in [0.15, 0.2) is 10.4 Å². The molecule has 1 aromatic carbocycles. The Balaban J connectivity index is 1.58.